The molecule has 2 rings (SSSR count). The third-order valence-corrected chi connectivity index (χ3v) is 5.57. The first-order valence-electron chi connectivity index (χ1n) is 5.98. The van der Waals surface area contributed by atoms with Crippen LogP contribution in [0.4, 0.5) is 0 Å². The van der Waals surface area contributed by atoms with E-state index in [0.717, 1.165) is 0 Å². The molecule has 2 unspecified atom stereocenters. The maximum absolute atomic E-state index is 11.8. The van der Waals surface area contributed by atoms with Crippen molar-refractivity contribution < 1.29 is 18.0 Å². The second kappa shape index (κ2) is 5.23. The van der Waals surface area contributed by atoms with Gasteiger partial charge in [0.25, 0.3) is 0 Å². The molecule has 0 bridgehead atoms. The van der Waals surface area contributed by atoms with Crippen LogP contribution in [0.5, 0.6) is 0 Å². The molecule has 0 radical (unpaired) electrons. The fourth-order valence-corrected chi connectivity index (χ4v) is 3.94. The summed E-state index contributed by atoms with van der Waals surface area (Å²) in [6.07, 6.45) is 1.28. The van der Waals surface area contributed by atoms with Gasteiger partial charge in [0.1, 0.15) is 6.04 Å². The van der Waals surface area contributed by atoms with Crippen LogP contribution in [0.2, 0.25) is 0 Å². The second-order valence-corrected chi connectivity index (χ2v) is 7.01. The molecule has 0 aromatic heterocycles. The standard InChI is InChI=1S/C10H17N3O4S/c14-9-6-11-8(5-12-9)10(15)13-4-7-2-1-3-18(7,16)17/h7-8,11H,1-6H2,(H,12,14)(H,13,15). The summed E-state index contributed by atoms with van der Waals surface area (Å²) in [6, 6.07) is -0.480. The molecule has 0 saturated carbocycles. The molecule has 2 fully saturated rings. The predicted molar refractivity (Wildman–Crippen MR) is 64.6 cm³/mol. The Morgan fingerprint density at radius 3 is 2.78 bits per heavy atom. The van der Waals surface area contributed by atoms with Crippen LogP contribution in [0.15, 0.2) is 0 Å². The molecule has 2 amide bonds. The first-order chi connectivity index (χ1) is 8.49. The fourth-order valence-electron chi connectivity index (χ4n) is 2.18. The highest BCUT2D eigenvalue weighted by Crippen LogP contribution is 2.18. The van der Waals surface area contributed by atoms with Crippen LogP contribution in [0.1, 0.15) is 12.8 Å². The first kappa shape index (κ1) is 13.3. The van der Waals surface area contributed by atoms with Crippen LogP contribution in [-0.4, -0.2) is 56.9 Å². The van der Waals surface area contributed by atoms with Crippen LogP contribution in [0, 0.1) is 0 Å². The summed E-state index contributed by atoms with van der Waals surface area (Å²) >= 11 is 0. The van der Waals surface area contributed by atoms with Gasteiger partial charge in [-0.15, -0.1) is 0 Å². The summed E-state index contributed by atoms with van der Waals surface area (Å²) in [7, 11) is -3.03. The Hall–Kier alpha value is -1.15. The van der Waals surface area contributed by atoms with E-state index < -0.39 is 21.1 Å². The van der Waals surface area contributed by atoms with Gasteiger partial charge in [0.2, 0.25) is 11.8 Å². The maximum Gasteiger partial charge on any atom is 0.239 e. The van der Waals surface area contributed by atoms with Crippen molar-refractivity contribution in [3.05, 3.63) is 0 Å². The van der Waals surface area contributed by atoms with Crippen LogP contribution in [0.25, 0.3) is 0 Å². The van der Waals surface area contributed by atoms with Crippen LogP contribution >= 0.6 is 0 Å². The molecule has 2 aliphatic heterocycles. The minimum absolute atomic E-state index is 0.111. The largest absolute Gasteiger partial charge is 0.353 e. The second-order valence-electron chi connectivity index (χ2n) is 4.61. The number of amides is 2. The fraction of sp³-hybridized carbons (Fsp3) is 0.800. The SMILES string of the molecule is O=C1CNC(C(=O)NCC2CCCS2(=O)=O)CN1. The zero-order valence-corrected chi connectivity index (χ0v) is 10.8. The number of piperazine rings is 1. The zero-order chi connectivity index (χ0) is 13.2. The lowest BCUT2D eigenvalue weighted by Gasteiger charge is -2.23. The number of nitrogens with one attached hydrogen (secondary N) is 3. The normalized spacial score (nSPS) is 30.8. The lowest BCUT2D eigenvalue weighted by molar-refractivity contribution is -0.126. The predicted octanol–water partition coefficient (Wildman–Crippen LogP) is -2.23. The van der Waals surface area contributed by atoms with Crippen molar-refractivity contribution in [2.75, 3.05) is 25.4 Å². The average molecular weight is 275 g/mol. The van der Waals surface area contributed by atoms with Crippen LogP contribution in [-0.2, 0) is 19.4 Å². The van der Waals surface area contributed by atoms with Crippen LogP contribution in [0.3, 0.4) is 0 Å². The molecule has 3 N–H and O–H groups in total. The van der Waals surface area contributed by atoms with Crippen molar-refractivity contribution in [3.8, 4) is 0 Å². The van der Waals surface area contributed by atoms with Crippen LogP contribution < -0.4 is 16.0 Å². The number of sulfone groups is 1. The molecule has 2 aliphatic rings. The molecule has 8 heteroatoms. The van der Waals surface area contributed by atoms with Gasteiger partial charge in [0.15, 0.2) is 9.84 Å². The van der Waals surface area contributed by atoms with Crippen molar-refractivity contribution in [2.45, 2.75) is 24.1 Å². The average Bonchev–Trinajstić information content (AvgIpc) is 2.66. The number of hydrogen-bond acceptors (Lipinski definition) is 5. The Balaban J connectivity index is 1.80. The number of carbonyl (C=O) groups is 2. The number of carbonyl (C=O) groups excluding carboxylic acids is 2. The molecule has 2 atom stereocenters. The molecule has 2 saturated heterocycles. The van der Waals surface area contributed by atoms with E-state index in [0.29, 0.717) is 12.8 Å². The van der Waals surface area contributed by atoms with Gasteiger partial charge < -0.3 is 10.6 Å². The molecule has 7 nitrogen and oxygen atoms in total. The van der Waals surface area contributed by atoms with Crippen molar-refractivity contribution in [3.63, 3.8) is 0 Å². The third kappa shape index (κ3) is 2.99. The Labute approximate surface area is 106 Å². The van der Waals surface area contributed by atoms with E-state index in [4.69, 9.17) is 0 Å². The molecule has 2 heterocycles. The molecular formula is C10H17N3O4S. The molecule has 0 aromatic rings. The molecule has 18 heavy (non-hydrogen) atoms. The summed E-state index contributed by atoms with van der Waals surface area (Å²) in [4.78, 5) is 22.7. The third-order valence-electron chi connectivity index (χ3n) is 3.30. The Bertz CT molecular complexity index is 438. The monoisotopic (exact) mass is 275 g/mol. The Kier molecular flexibility index (Phi) is 3.86. The first-order valence-corrected chi connectivity index (χ1v) is 7.70. The van der Waals surface area contributed by atoms with Crippen molar-refractivity contribution >= 4 is 21.7 Å². The lowest BCUT2D eigenvalue weighted by Crippen LogP contribution is -2.58. The van der Waals surface area contributed by atoms with Gasteiger partial charge in [-0.1, -0.05) is 0 Å². The van der Waals surface area contributed by atoms with Crippen molar-refractivity contribution in [1.82, 2.24) is 16.0 Å². The molecule has 102 valence electrons. The highest BCUT2D eigenvalue weighted by molar-refractivity contribution is 7.92. The summed E-state index contributed by atoms with van der Waals surface area (Å²) in [6.45, 7) is 0.509. The zero-order valence-electron chi connectivity index (χ0n) is 9.94. The quantitative estimate of drug-likeness (QED) is 0.540. The van der Waals surface area contributed by atoms with Gasteiger partial charge in [0, 0.05) is 13.1 Å². The Morgan fingerprint density at radius 2 is 2.22 bits per heavy atom. The van der Waals surface area contributed by atoms with E-state index in [1.165, 1.54) is 0 Å². The Morgan fingerprint density at radius 1 is 1.44 bits per heavy atom. The van der Waals surface area contributed by atoms with Gasteiger partial charge in [0.05, 0.1) is 17.5 Å². The molecule has 0 aromatic carbocycles. The lowest BCUT2D eigenvalue weighted by atomic mass is 10.2. The van der Waals surface area contributed by atoms with Gasteiger partial charge >= 0.3 is 0 Å². The summed E-state index contributed by atoms with van der Waals surface area (Å²) in [5.41, 5.74) is 0. The number of hydrogen-bond donors (Lipinski definition) is 3. The van der Waals surface area contributed by atoms with E-state index in [2.05, 4.69) is 16.0 Å². The van der Waals surface area contributed by atoms with E-state index in [-0.39, 0.29) is 37.2 Å². The van der Waals surface area contributed by atoms with E-state index >= 15 is 0 Å². The number of rotatable bonds is 3. The van der Waals surface area contributed by atoms with E-state index in [1.54, 1.807) is 0 Å². The summed E-state index contributed by atoms with van der Waals surface area (Å²) in [5, 5.41) is 7.54. The molecule has 0 spiro atoms. The minimum atomic E-state index is -3.03. The van der Waals surface area contributed by atoms with Gasteiger partial charge in [-0.3, -0.25) is 14.9 Å². The topological polar surface area (TPSA) is 104 Å². The van der Waals surface area contributed by atoms with Gasteiger partial charge in [-0.25, -0.2) is 8.42 Å². The summed E-state index contributed by atoms with van der Waals surface area (Å²) < 4.78 is 23.1. The maximum atomic E-state index is 11.8. The van der Waals surface area contributed by atoms with Gasteiger partial charge in [-0.05, 0) is 12.8 Å². The smallest absolute Gasteiger partial charge is 0.239 e. The minimum Gasteiger partial charge on any atom is -0.353 e. The molecule has 0 aliphatic carbocycles. The van der Waals surface area contributed by atoms with Crippen molar-refractivity contribution in [1.29, 1.82) is 0 Å². The van der Waals surface area contributed by atoms with Gasteiger partial charge in [-0.2, -0.15) is 0 Å². The summed E-state index contributed by atoms with van der Waals surface area (Å²) in [5.74, 6) is -0.194. The highest BCUT2D eigenvalue weighted by atomic mass is 32.2. The molecular weight excluding hydrogens is 258 g/mol. The van der Waals surface area contributed by atoms with E-state index in [9.17, 15) is 18.0 Å². The van der Waals surface area contributed by atoms with E-state index in [1.807, 2.05) is 0 Å². The highest BCUT2D eigenvalue weighted by Gasteiger charge is 2.32. The van der Waals surface area contributed by atoms with Crippen molar-refractivity contribution in [2.24, 2.45) is 0 Å².